The molecule has 156 valence electrons. The summed E-state index contributed by atoms with van der Waals surface area (Å²) in [6.07, 6.45) is 3.09. The van der Waals surface area contributed by atoms with Crippen LogP contribution in [0.1, 0.15) is 42.3 Å². The SMILES string of the molecule is CC(C)(C)N(Cc1ccccc1)C(=O)COC(=O)c1cnn(Cc2ccccc2)c1. The third kappa shape index (κ3) is 5.80. The molecule has 6 nitrogen and oxygen atoms in total. The molecule has 0 saturated heterocycles. The second-order valence-corrected chi connectivity index (χ2v) is 8.12. The Morgan fingerprint density at radius 3 is 2.17 bits per heavy atom. The number of benzene rings is 2. The first kappa shape index (κ1) is 21.3. The topological polar surface area (TPSA) is 64.4 Å². The second kappa shape index (κ2) is 9.39. The smallest absolute Gasteiger partial charge is 0.341 e. The number of amides is 1. The van der Waals surface area contributed by atoms with Crippen molar-refractivity contribution in [3.63, 3.8) is 0 Å². The zero-order valence-corrected chi connectivity index (χ0v) is 17.6. The lowest BCUT2D eigenvalue weighted by atomic mass is 10.0. The summed E-state index contributed by atoms with van der Waals surface area (Å²) >= 11 is 0. The van der Waals surface area contributed by atoms with Crippen LogP contribution in [0.25, 0.3) is 0 Å². The van der Waals surface area contributed by atoms with E-state index in [9.17, 15) is 9.59 Å². The van der Waals surface area contributed by atoms with Crippen LogP contribution in [0.15, 0.2) is 73.1 Å². The molecule has 3 aromatic rings. The van der Waals surface area contributed by atoms with Crippen LogP contribution in [-0.2, 0) is 22.6 Å². The molecule has 0 spiro atoms. The van der Waals surface area contributed by atoms with Crippen LogP contribution in [0, 0.1) is 0 Å². The van der Waals surface area contributed by atoms with Crippen molar-refractivity contribution in [1.29, 1.82) is 0 Å². The lowest BCUT2D eigenvalue weighted by molar-refractivity contribution is -0.140. The van der Waals surface area contributed by atoms with Crippen molar-refractivity contribution >= 4 is 11.9 Å². The van der Waals surface area contributed by atoms with Crippen molar-refractivity contribution < 1.29 is 14.3 Å². The first-order valence-corrected chi connectivity index (χ1v) is 9.91. The molecule has 6 heteroatoms. The van der Waals surface area contributed by atoms with Crippen LogP contribution in [0.3, 0.4) is 0 Å². The molecule has 30 heavy (non-hydrogen) atoms. The van der Waals surface area contributed by atoms with Gasteiger partial charge in [-0.05, 0) is 31.9 Å². The molecular weight excluding hydrogens is 378 g/mol. The van der Waals surface area contributed by atoms with Gasteiger partial charge in [-0.1, -0.05) is 60.7 Å². The van der Waals surface area contributed by atoms with Gasteiger partial charge in [0.2, 0.25) is 0 Å². The molecule has 0 bridgehead atoms. The quantitative estimate of drug-likeness (QED) is 0.559. The summed E-state index contributed by atoms with van der Waals surface area (Å²) in [5.41, 5.74) is 2.02. The maximum absolute atomic E-state index is 12.8. The number of carbonyl (C=O) groups is 2. The summed E-state index contributed by atoms with van der Waals surface area (Å²) in [4.78, 5) is 26.9. The lowest BCUT2D eigenvalue weighted by Gasteiger charge is -2.35. The highest BCUT2D eigenvalue weighted by Crippen LogP contribution is 2.18. The number of rotatable bonds is 7. The third-order valence-electron chi connectivity index (χ3n) is 4.68. The Bertz CT molecular complexity index is 976. The molecule has 0 unspecified atom stereocenters. The molecule has 0 aliphatic carbocycles. The second-order valence-electron chi connectivity index (χ2n) is 8.12. The Labute approximate surface area is 177 Å². The molecule has 1 aromatic heterocycles. The first-order chi connectivity index (χ1) is 14.3. The van der Waals surface area contributed by atoms with Crippen LogP contribution in [0.2, 0.25) is 0 Å². The molecule has 0 fully saturated rings. The summed E-state index contributed by atoms with van der Waals surface area (Å²) in [5.74, 6) is -0.799. The van der Waals surface area contributed by atoms with Gasteiger partial charge < -0.3 is 9.64 Å². The van der Waals surface area contributed by atoms with E-state index in [1.165, 1.54) is 6.20 Å². The zero-order valence-electron chi connectivity index (χ0n) is 17.6. The van der Waals surface area contributed by atoms with Crippen LogP contribution in [0.4, 0.5) is 0 Å². The largest absolute Gasteiger partial charge is 0.452 e. The number of hydrogen-bond acceptors (Lipinski definition) is 4. The van der Waals surface area contributed by atoms with Gasteiger partial charge in [0.1, 0.15) is 0 Å². The fraction of sp³-hybridized carbons (Fsp3) is 0.292. The van der Waals surface area contributed by atoms with Crippen LogP contribution < -0.4 is 0 Å². The van der Waals surface area contributed by atoms with Crippen LogP contribution in [0.5, 0.6) is 0 Å². The molecule has 0 aliphatic rings. The zero-order chi connectivity index (χ0) is 21.6. The van der Waals surface area contributed by atoms with Crippen molar-refractivity contribution in [2.75, 3.05) is 6.61 Å². The average Bonchev–Trinajstić information content (AvgIpc) is 3.19. The number of hydrogen-bond donors (Lipinski definition) is 0. The minimum Gasteiger partial charge on any atom is -0.452 e. The summed E-state index contributed by atoms with van der Waals surface area (Å²) in [6.45, 7) is 6.58. The average molecular weight is 405 g/mol. The number of nitrogens with zero attached hydrogens (tertiary/aromatic N) is 3. The molecule has 0 saturated carbocycles. The highest BCUT2D eigenvalue weighted by Gasteiger charge is 2.27. The van der Waals surface area contributed by atoms with Gasteiger partial charge >= 0.3 is 5.97 Å². The summed E-state index contributed by atoms with van der Waals surface area (Å²) < 4.78 is 6.96. The van der Waals surface area contributed by atoms with Crippen molar-refractivity contribution in [3.05, 3.63) is 89.7 Å². The van der Waals surface area contributed by atoms with E-state index in [0.29, 0.717) is 18.7 Å². The molecule has 1 amide bonds. The van der Waals surface area contributed by atoms with E-state index in [1.54, 1.807) is 15.8 Å². The predicted octanol–water partition coefficient (Wildman–Crippen LogP) is 3.92. The normalized spacial score (nSPS) is 11.2. The van der Waals surface area contributed by atoms with Gasteiger partial charge in [0.15, 0.2) is 6.61 Å². The van der Waals surface area contributed by atoms with E-state index in [-0.39, 0.29) is 12.5 Å². The van der Waals surface area contributed by atoms with Gasteiger partial charge in [-0.3, -0.25) is 9.48 Å². The van der Waals surface area contributed by atoms with E-state index in [1.807, 2.05) is 81.4 Å². The van der Waals surface area contributed by atoms with Crippen molar-refractivity contribution in [2.45, 2.75) is 39.4 Å². The van der Waals surface area contributed by atoms with Gasteiger partial charge in [-0.15, -0.1) is 0 Å². The van der Waals surface area contributed by atoms with Crippen LogP contribution >= 0.6 is 0 Å². The lowest BCUT2D eigenvalue weighted by Crippen LogP contribution is -2.46. The fourth-order valence-electron chi connectivity index (χ4n) is 3.08. The highest BCUT2D eigenvalue weighted by atomic mass is 16.5. The fourth-order valence-corrected chi connectivity index (χ4v) is 3.08. The van der Waals surface area contributed by atoms with Gasteiger partial charge in [-0.25, -0.2) is 4.79 Å². The highest BCUT2D eigenvalue weighted by molar-refractivity contribution is 5.90. The maximum Gasteiger partial charge on any atom is 0.341 e. The number of carbonyl (C=O) groups excluding carboxylic acids is 2. The molecule has 0 radical (unpaired) electrons. The Morgan fingerprint density at radius 2 is 1.57 bits per heavy atom. The minimum absolute atomic E-state index is 0.239. The Morgan fingerprint density at radius 1 is 0.967 bits per heavy atom. The van der Waals surface area contributed by atoms with E-state index in [4.69, 9.17) is 4.74 Å². The number of esters is 1. The van der Waals surface area contributed by atoms with Gasteiger partial charge in [0.25, 0.3) is 5.91 Å². The van der Waals surface area contributed by atoms with Gasteiger partial charge in [0, 0.05) is 18.3 Å². The number of ether oxygens (including phenoxy) is 1. The summed E-state index contributed by atoms with van der Waals surface area (Å²) in [7, 11) is 0. The van der Waals surface area contributed by atoms with Crippen LogP contribution in [-0.4, -0.2) is 38.7 Å². The Balaban J connectivity index is 1.59. The van der Waals surface area contributed by atoms with Gasteiger partial charge in [-0.2, -0.15) is 5.10 Å². The summed E-state index contributed by atoms with van der Waals surface area (Å²) in [5, 5.41) is 4.21. The monoisotopic (exact) mass is 405 g/mol. The number of aromatic nitrogens is 2. The van der Waals surface area contributed by atoms with Crippen molar-refractivity contribution in [1.82, 2.24) is 14.7 Å². The molecule has 2 aromatic carbocycles. The van der Waals surface area contributed by atoms with E-state index >= 15 is 0 Å². The predicted molar refractivity (Wildman–Crippen MR) is 115 cm³/mol. The molecule has 0 N–H and O–H groups in total. The standard InChI is InChI=1S/C24H27N3O3/c1-24(2,3)27(16-20-12-8-5-9-13-20)22(28)18-30-23(29)21-14-25-26(17-21)15-19-10-6-4-7-11-19/h4-14,17H,15-16,18H2,1-3H3. The Kier molecular flexibility index (Phi) is 6.67. The third-order valence-corrected chi connectivity index (χ3v) is 4.68. The first-order valence-electron chi connectivity index (χ1n) is 9.91. The molecule has 1 heterocycles. The van der Waals surface area contributed by atoms with Gasteiger partial charge in [0.05, 0.1) is 18.3 Å². The van der Waals surface area contributed by atoms with E-state index < -0.39 is 11.5 Å². The molecule has 3 rings (SSSR count). The molecule has 0 atom stereocenters. The van der Waals surface area contributed by atoms with E-state index in [0.717, 1.165) is 11.1 Å². The maximum atomic E-state index is 12.8. The molecular formula is C24H27N3O3. The Hall–Kier alpha value is -3.41. The summed E-state index contributed by atoms with van der Waals surface area (Å²) in [6, 6.07) is 19.6. The van der Waals surface area contributed by atoms with Crippen molar-refractivity contribution in [2.24, 2.45) is 0 Å². The minimum atomic E-state index is -0.559. The molecule has 0 aliphatic heterocycles. The van der Waals surface area contributed by atoms with Crippen molar-refractivity contribution in [3.8, 4) is 0 Å². The van der Waals surface area contributed by atoms with E-state index in [2.05, 4.69) is 5.10 Å².